The first kappa shape index (κ1) is 14.7. The predicted molar refractivity (Wildman–Crippen MR) is 46.7 cm³/mol. The van der Waals surface area contributed by atoms with Gasteiger partial charge in [-0.25, -0.2) is 4.79 Å². The van der Waals surface area contributed by atoms with E-state index in [4.69, 9.17) is 9.84 Å². The van der Waals surface area contributed by atoms with E-state index in [0.29, 0.717) is 0 Å². The van der Waals surface area contributed by atoms with Gasteiger partial charge < -0.3 is 15.2 Å². The number of alkyl halides is 3. The third kappa shape index (κ3) is 5.54. The summed E-state index contributed by atoms with van der Waals surface area (Å²) in [5.74, 6) is -3.88. The molecular weight excluding hydrogens is 231 g/mol. The highest BCUT2D eigenvalue weighted by Crippen LogP contribution is 2.14. The van der Waals surface area contributed by atoms with Gasteiger partial charge >= 0.3 is 18.1 Å². The monoisotopic (exact) mass is 243 g/mol. The van der Waals surface area contributed by atoms with Gasteiger partial charge in [-0.1, -0.05) is 0 Å². The molecule has 1 amide bonds. The molecule has 2 N–H and O–H groups in total. The predicted octanol–water partition coefficient (Wildman–Crippen LogP) is 0.543. The molecule has 0 fully saturated rings. The molecule has 0 aliphatic rings. The van der Waals surface area contributed by atoms with Crippen molar-refractivity contribution in [3.8, 4) is 0 Å². The van der Waals surface area contributed by atoms with Crippen molar-refractivity contribution in [3.05, 3.63) is 0 Å². The molecule has 0 unspecified atom stereocenters. The molecular formula is C8H12F3NO4. The maximum absolute atomic E-state index is 11.8. The van der Waals surface area contributed by atoms with Crippen molar-refractivity contribution in [2.24, 2.45) is 0 Å². The Bertz CT molecular complexity index is 264. The average Bonchev–Trinajstić information content (AvgIpc) is 2.09. The minimum absolute atomic E-state index is 0.343. The highest BCUT2D eigenvalue weighted by Gasteiger charge is 2.40. The first-order valence-corrected chi connectivity index (χ1v) is 4.36. The largest absolute Gasteiger partial charge is 0.480 e. The number of carbonyl (C=O) groups is 2. The molecule has 0 saturated heterocycles. The average molecular weight is 243 g/mol. The molecule has 0 radical (unpaired) electrons. The zero-order chi connectivity index (χ0) is 12.9. The van der Waals surface area contributed by atoms with Gasteiger partial charge in [0.1, 0.15) is 0 Å². The fraction of sp³-hybridized carbons (Fsp3) is 0.750. The van der Waals surface area contributed by atoms with E-state index in [-0.39, 0.29) is 6.10 Å². The van der Waals surface area contributed by atoms with E-state index in [2.05, 4.69) is 0 Å². The second-order valence-electron chi connectivity index (χ2n) is 3.24. The maximum atomic E-state index is 11.8. The number of ether oxygens (including phenoxy) is 1. The number of hydrogen-bond donors (Lipinski definition) is 2. The molecule has 0 aromatic rings. The molecule has 0 aromatic carbocycles. The van der Waals surface area contributed by atoms with Gasteiger partial charge in [0.25, 0.3) is 0 Å². The van der Waals surface area contributed by atoms with Gasteiger partial charge in [0.15, 0.2) is 6.04 Å². The van der Waals surface area contributed by atoms with E-state index in [1.807, 2.05) is 0 Å². The van der Waals surface area contributed by atoms with Crippen molar-refractivity contribution in [3.63, 3.8) is 0 Å². The third-order valence-electron chi connectivity index (χ3n) is 1.46. The second-order valence-corrected chi connectivity index (χ2v) is 3.24. The molecule has 16 heavy (non-hydrogen) atoms. The number of halogens is 3. The van der Waals surface area contributed by atoms with Crippen molar-refractivity contribution in [2.45, 2.75) is 32.2 Å². The molecule has 0 aliphatic carbocycles. The van der Waals surface area contributed by atoms with Crippen molar-refractivity contribution in [1.82, 2.24) is 5.32 Å². The third-order valence-corrected chi connectivity index (χ3v) is 1.46. The maximum Gasteiger partial charge on any atom is 0.471 e. The summed E-state index contributed by atoms with van der Waals surface area (Å²) in [5, 5.41) is 9.86. The SMILES string of the molecule is CC(C)OC[C@H](NC(=O)C(F)(F)F)C(=O)O. The van der Waals surface area contributed by atoms with Crippen LogP contribution in [0, 0.1) is 0 Å². The van der Waals surface area contributed by atoms with Gasteiger partial charge in [-0.15, -0.1) is 0 Å². The standard InChI is InChI=1S/C8H12F3NO4/c1-4(2)16-3-5(6(13)14)12-7(15)8(9,10)11/h4-5H,3H2,1-2H3,(H,12,15)(H,13,14)/t5-/m0/s1. The van der Waals surface area contributed by atoms with Crippen molar-refractivity contribution in [1.29, 1.82) is 0 Å². The first-order chi connectivity index (χ1) is 7.14. The highest BCUT2D eigenvalue weighted by molar-refractivity contribution is 5.86. The zero-order valence-corrected chi connectivity index (χ0v) is 8.67. The Kier molecular flexibility index (Phi) is 5.22. The zero-order valence-electron chi connectivity index (χ0n) is 8.67. The fourth-order valence-electron chi connectivity index (χ4n) is 0.703. The lowest BCUT2D eigenvalue weighted by Gasteiger charge is -2.17. The molecule has 8 heteroatoms. The first-order valence-electron chi connectivity index (χ1n) is 4.36. The molecule has 0 saturated carbocycles. The van der Waals surface area contributed by atoms with Gasteiger partial charge in [-0.05, 0) is 13.8 Å². The topological polar surface area (TPSA) is 75.6 Å². The molecule has 0 rings (SSSR count). The second kappa shape index (κ2) is 5.69. The minimum Gasteiger partial charge on any atom is -0.480 e. The van der Waals surface area contributed by atoms with Crippen LogP contribution in [0.25, 0.3) is 0 Å². The Morgan fingerprint density at radius 1 is 1.38 bits per heavy atom. The normalized spacial score (nSPS) is 13.6. The Morgan fingerprint density at radius 3 is 2.19 bits per heavy atom. The highest BCUT2D eigenvalue weighted by atomic mass is 19.4. The molecule has 0 spiro atoms. The molecule has 0 bridgehead atoms. The number of carboxylic acid groups (broad SMARTS) is 1. The Balaban J connectivity index is 4.35. The summed E-state index contributed by atoms with van der Waals surface area (Å²) >= 11 is 0. The quantitative estimate of drug-likeness (QED) is 0.739. The van der Waals surface area contributed by atoms with E-state index < -0.39 is 30.7 Å². The van der Waals surface area contributed by atoms with Crippen LogP contribution in [0.3, 0.4) is 0 Å². The lowest BCUT2D eigenvalue weighted by Crippen LogP contribution is -2.49. The molecule has 0 aromatic heterocycles. The van der Waals surface area contributed by atoms with Gasteiger partial charge in [0, 0.05) is 0 Å². The van der Waals surface area contributed by atoms with E-state index in [1.54, 1.807) is 13.8 Å². The molecule has 1 atom stereocenters. The number of rotatable bonds is 5. The van der Waals surface area contributed by atoms with Gasteiger partial charge in [0.05, 0.1) is 12.7 Å². The van der Waals surface area contributed by atoms with Crippen LogP contribution in [0.2, 0.25) is 0 Å². The number of amides is 1. The number of hydrogen-bond acceptors (Lipinski definition) is 3. The van der Waals surface area contributed by atoms with E-state index >= 15 is 0 Å². The van der Waals surface area contributed by atoms with Crippen LogP contribution >= 0.6 is 0 Å². The van der Waals surface area contributed by atoms with Gasteiger partial charge in [0.2, 0.25) is 0 Å². The molecule has 5 nitrogen and oxygen atoms in total. The van der Waals surface area contributed by atoms with Crippen LogP contribution in [0.4, 0.5) is 13.2 Å². The van der Waals surface area contributed by atoms with Crippen molar-refractivity contribution >= 4 is 11.9 Å². The Labute approximate surface area is 89.6 Å². The minimum atomic E-state index is -5.11. The van der Waals surface area contributed by atoms with E-state index in [9.17, 15) is 22.8 Å². The van der Waals surface area contributed by atoms with Gasteiger partial charge in [-0.3, -0.25) is 4.79 Å². The number of nitrogens with one attached hydrogen (secondary N) is 1. The smallest absolute Gasteiger partial charge is 0.471 e. The summed E-state index contributed by atoms with van der Waals surface area (Å²) in [6, 6.07) is -1.71. The lowest BCUT2D eigenvalue weighted by atomic mass is 10.3. The summed E-state index contributed by atoms with van der Waals surface area (Å²) in [6.07, 6.45) is -5.45. The Hall–Kier alpha value is -1.31. The van der Waals surface area contributed by atoms with Gasteiger partial charge in [-0.2, -0.15) is 13.2 Å². The van der Waals surface area contributed by atoms with Crippen LogP contribution in [-0.4, -0.2) is 41.9 Å². The van der Waals surface area contributed by atoms with Crippen LogP contribution in [0.5, 0.6) is 0 Å². The molecule has 94 valence electrons. The summed E-state index contributed by atoms with van der Waals surface area (Å²) in [7, 11) is 0. The fourth-order valence-corrected chi connectivity index (χ4v) is 0.703. The molecule has 0 aliphatic heterocycles. The summed E-state index contributed by atoms with van der Waals surface area (Å²) in [6.45, 7) is 2.66. The van der Waals surface area contributed by atoms with E-state index in [1.165, 1.54) is 5.32 Å². The summed E-state index contributed by atoms with van der Waals surface area (Å²) < 4.78 is 40.3. The van der Waals surface area contributed by atoms with Crippen LogP contribution in [0.1, 0.15) is 13.8 Å². The van der Waals surface area contributed by atoms with Crippen LogP contribution in [0.15, 0.2) is 0 Å². The lowest BCUT2D eigenvalue weighted by molar-refractivity contribution is -0.176. The number of carboxylic acids is 1. The summed E-state index contributed by atoms with van der Waals surface area (Å²) in [4.78, 5) is 21.0. The number of aliphatic carboxylic acids is 1. The summed E-state index contributed by atoms with van der Waals surface area (Å²) in [5.41, 5.74) is 0. The van der Waals surface area contributed by atoms with E-state index in [0.717, 1.165) is 0 Å². The van der Waals surface area contributed by atoms with Crippen LogP contribution < -0.4 is 5.32 Å². The molecule has 0 heterocycles. The van der Waals surface area contributed by atoms with Crippen molar-refractivity contribution in [2.75, 3.05) is 6.61 Å². The van der Waals surface area contributed by atoms with Crippen molar-refractivity contribution < 1.29 is 32.6 Å². The Morgan fingerprint density at radius 2 is 1.88 bits per heavy atom. The number of carbonyl (C=O) groups excluding carboxylic acids is 1. The van der Waals surface area contributed by atoms with Crippen LogP contribution in [-0.2, 0) is 14.3 Å².